The highest BCUT2D eigenvalue weighted by molar-refractivity contribution is 7.80. The maximum Gasteiger partial charge on any atom is 0.170 e. The first-order valence-electron chi connectivity index (χ1n) is 11.4. The van der Waals surface area contributed by atoms with Crippen molar-refractivity contribution in [2.75, 3.05) is 31.5 Å². The Kier molecular flexibility index (Phi) is 8.31. The van der Waals surface area contributed by atoms with Gasteiger partial charge in [0.2, 0.25) is 0 Å². The van der Waals surface area contributed by atoms with E-state index in [-0.39, 0.29) is 0 Å². The van der Waals surface area contributed by atoms with Gasteiger partial charge in [0.05, 0.1) is 10.0 Å². The number of rotatable bonds is 8. The number of para-hydroxylation sites is 1. The third-order valence-corrected chi connectivity index (χ3v) is 7.25. The Hall–Kier alpha value is -1.79. The van der Waals surface area contributed by atoms with Crippen LogP contribution in [0.25, 0.3) is 10.9 Å². The van der Waals surface area contributed by atoms with Gasteiger partial charge in [0.1, 0.15) is 0 Å². The zero-order valence-corrected chi connectivity index (χ0v) is 20.5. The van der Waals surface area contributed by atoms with Crippen LogP contribution in [-0.2, 0) is 0 Å². The maximum absolute atomic E-state index is 6.04. The number of nitrogens with one attached hydrogen (secondary N) is 3. The molecule has 3 aromatic rings. The molecule has 1 aromatic heterocycles. The number of hydrogen-bond donors (Lipinski definition) is 3. The van der Waals surface area contributed by atoms with Gasteiger partial charge < -0.3 is 20.5 Å². The second-order valence-corrected chi connectivity index (χ2v) is 9.70. The van der Waals surface area contributed by atoms with Crippen LogP contribution in [0.4, 0.5) is 5.69 Å². The molecule has 3 N–H and O–H groups in total. The second-order valence-electron chi connectivity index (χ2n) is 8.48. The van der Waals surface area contributed by atoms with Crippen LogP contribution in [0.2, 0.25) is 10.0 Å². The number of unbranched alkanes of at least 4 members (excludes halogenated alkanes) is 2. The molecule has 4 nitrogen and oxygen atoms in total. The van der Waals surface area contributed by atoms with Gasteiger partial charge in [0, 0.05) is 29.3 Å². The maximum atomic E-state index is 6.04. The number of halogens is 2. The average Bonchev–Trinajstić information content (AvgIpc) is 3.23. The Morgan fingerprint density at radius 1 is 1.03 bits per heavy atom. The Labute approximate surface area is 205 Å². The van der Waals surface area contributed by atoms with E-state index in [1.54, 1.807) is 12.1 Å². The Balaban J connectivity index is 1.09. The molecule has 0 unspecified atom stereocenters. The van der Waals surface area contributed by atoms with E-state index in [1.165, 1.54) is 61.8 Å². The van der Waals surface area contributed by atoms with Crippen LogP contribution in [0.5, 0.6) is 0 Å². The SMILES string of the molecule is S=C(NCCCCCN1CCC(c2c[nH]c3ccccc23)CC1)Nc1ccc(Cl)c(Cl)c1. The van der Waals surface area contributed by atoms with Crippen molar-refractivity contribution in [1.29, 1.82) is 0 Å². The number of nitrogens with zero attached hydrogens (tertiary/aromatic N) is 1. The largest absolute Gasteiger partial charge is 0.362 e. The van der Waals surface area contributed by atoms with E-state index in [0.29, 0.717) is 21.1 Å². The van der Waals surface area contributed by atoms with Gasteiger partial charge in [-0.3, -0.25) is 0 Å². The summed E-state index contributed by atoms with van der Waals surface area (Å²) in [4.78, 5) is 6.05. The van der Waals surface area contributed by atoms with Crippen molar-refractivity contribution in [2.24, 2.45) is 0 Å². The minimum Gasteiger partial charge on any atom is -0.362 e. The molecule has 0 bridgehead atoms. The second kappa shape index (κ2) is 11.4. The quantitative estimate of drug-likeness (QED) is 0.240. The molecule has 0 saturated carbocycles. The molecule has 0 atom stereocenters. The van der Waals surface area contributed by atoms with Crippen molar-refractivity contribution < 1.29 is 0 Å². The van der Waals surface area contributed by atoms with Gasteiger partial charge in [-0.2, -0.15) is 0 Å². The van der Waals surface area contributed by atoms with Gasteiger partial charge in [-0.05, 0) is 93.3 Å². The van der Waals surface area contributed by atoms with E-state index < -0.39 is 0 Å². The summed E-state index contributed by atoms with van der Waals surface area (Å²) in [5.41, 5.74) is 3.59. The van der Waals surface area contributed by atoms with E-state index in [1.807, 2.05) is 6.07 Å². The third-order valence-electron chi connectivity index (χ3n) is 6.26. The van der Waals surface area contributed by atoms with Crippen LogP contribution in [0.1, 0.15) is 43.6 Å². The van der Waals surface area contributed by atoms with Crippen LogP contribution >= 0.6 is 35.4 Å². The molecule has 170 valence electrons. The van der Waals surface area contributed by atoms with Crippen molar-refractivity contribution in [3.05, 3.63) is 64.3 Å². The predicted molar refractivity (Wildman–Crippen MR) is 141 cm³/mol. The van der Waals surface area contributed by atoms with Gasteiger partial charge in [-0.15, -0.1) is 0 Å². The summed E-state index contributed by atoms with van der Waals surface area (Å²) in [7, 11) is 0. The highest BCUT2D eigenvalue weighted by Crippen LogP contribution is 2.33. The number of anilines is 1. The van der Waals surface area contributed by atoms with Crippen molar-refractivity contribution in [3.8, 4) is 0 Å². The molecule has 4 rings (SSSR count). The number of benzene rings is 2. The minimum absolute atomic E-state index is 0.518. The molecular formula is C25H30Cl2N4S. The molecule has 2 heterocycles. The van der Waals surface area contributed by atoms with Crippen molar-refractivity contribution in [2.45, 2.75) is 38.0 Å². The summed E-state index contributed by atoms with van der Waals surface area (Å²) in [6.45, 7) is 4.45. The summed E-state index contributed by atoms with van der Waals surface area (Å²) in [6.07, 6.45) is 8.25. The Bertz CT molecular complexity index is 1040. The average molecular weight is 490 g/mol. The molecule has 32 heavy (non-hydrogen) atoms. The number of aromatic amines is 1. The van der Waals surface area contributed by atoms with Crippen LogP contribution in [0, 0.1) is 0 Å². The number of fused-ring (bicyclic) bond motifs is 1. The zero-order chi connectivity index (χ0) is 22.3. The Morgan fingerprint density at radius 2 is 1.84 bits per heavy atom. The highest BCUT2D eigenvalue weighted by atomic mass is 35.5. The first-order chi connectivity index (χ1) is 15.6. The van der Waals surface area contributed by atoms with Crippen molar-refractivity contribution in [1.82, 2.24) is 15.2 Å². The third kappa shape index (κ3) is 6.16. The first kappa shape index (κ1) is 23.4. The lowest BCUT2D eigenvalue weighted by Crippen LogP contribution is -2.33. The lowest BCUT2D eigenvalue weighted by atomic mass is 9.89. The number of aromatic nitrogens is 1. The van der Waals surface area contributed by atoms with Gasteiger partial charge in [-0.25, -0.2) is 0 Å². The summed E-state index contributed by atoms with van der Waals surface area (Å²) in [6, 6.07) is 14.0. The summed E-state index contributed by atoms with van der Waals surface area (Å²) in [5.74, 6) is 0.677. The molecule has 1 saturated heterocycles. The van der Waals surface area contributed by atoms with E-state index >= 15 is 0 Å². The molecule has 1 aliphatic rings. The van der Waals surface area contributed by atoms with Crippen molar-refractivity contribution >= 4 is 57.1 Å². The van der Waals surface area contributed by atoms with E-state index in [2.05, 4.69) is 51.0 Å². The van der Waals surface area contributed by atoms with Crippen LogP contribution in [0.3, 0.4) is 0 Å². The fourth-order valence-electron chi connectivity index (χ4n) is 4.49. The summed E-state index contributed by atoms with van der Waals surface area (Å²) >= 11 is 17.3. The number of H-pyrrole nitrogens is 1. The number of likely N-dealkylation sites (tertiary alicyclic amines) is 1. The standard InChI is InChI=1S/C25H30Cl2N4S/c26-22-9-8-19(16-23(22)27)30-25(32)28-12-4-1-5-13-31-14-10-18(11-15-31)21-17-29-24-7-3-2-6-20(21)24/h2-3,6-9,16-18,29H,1,4-5,10-15H2,(H2,28,30,32). The number of piperidine rings is 1. The normalized spacial score (nSPS) is 15.2. The molecule has 7 heteroatoms. The zero-order valence-electron chi connectivity index (χ0n) is 18.2. The lowest BCUT2D eigenvalue weighted by Gasteiger charge is -2.32. The molecule has 0 aliphatic carbocycles. The fraction of sp³-hybridized carbons (Fsp3) is 0.400. The molecule has 2 aromatic carbocycles. The van der Waals surface area contributed by atoms with Gasteiger partial charge in [-0.1, -0.05) is 47.8 Å². The summed E-state index contributed by atoms with van der Waals surface area (Å²) < 4.78 is 0. The van der Waals surface area contributed by atoms with E-state index in [4.69, 9.17) is 35.4 Å². The topological polar surface area (TPSA) is 43.1 Å². The number of hydrogen-bond acceptors (Lipinski definition) is 2. The predicted octanol–water partition coefficient (Wildman–Crippen LogP) is 6.81. The first-order valence-corrected chi connectivity index (χ1v) is 12.5. The van der Waals surface area contributed by atoms with E-state index in [9.17, 15) is 0 Å². The van der Waals surface area contributed by atoms with Gasteiger partial charge in [0.15, 0.2) is 5.11 Å². The fourth-order valence-corrected chi connectivity index (χ4v) is 5.01. The number of thiocarbonyl (C=S) groups is 1. The van der Waals surface area contributed by atoms with Crippen LogP contribution < -0.4 is 10.6 Å². The van der Waals surface area contributed by atoms with Gasteiger partial charge in [0.25, 0.3) is 0 Å². The lowest BCUT2D eigenvalue weighted by molar-refractivity contribution is 0.209. The summed E-state index contributed by atoms with van der Waals surface area (Å²) in [5, 5.41) is 9.48. The van der Waals surface area contributed by atoms with Crippen LogP contribution in [-0.4, -0.2) is 41.2 Å². The Morgan fingerprint density at radius 3 is 2.66 bits per heavy atom. The monoisotopic (exact) mass is 488 g/mol. The molecule has 0 amide bonds. The van der Waals surface area contributed by atoms with Crippen molar-refractivity contribution in [3.63, 3.8) is 0 Å². The smallest absolute Gasteiger partial charge is 0.170 e. The molecular weight excluding hydrogens is 459 g/mol. The van der Waals surface area contributed by atoms with Gasteiger partial charge >= 0.3 is 0 Å². The van der Waals surface area contributed by atoms with E-state index in [0.717, 1.165) is 18.7 Å². The molecule has 1 aliphatic heterocycles. The molecule has 1 fully saturated rings. The van der Waals surface area contributed by atoms with Crippen LogP contribution in [0.15, 0.2) is 48.7 Å². The highest BCUT2D eigenvalue weighted by Gasteiger charge is 2.22. The minimum atomic E-state index is 0.518. The molecule has 0 radical (unpaired) electrons. The molecule has 0 spiro atoms.